The summed E-state index contributed by atoms with van der Waals surface area (Å²) in [6, 6.07) is 15.8. The number of aryl methyl sites for hydroxylation is 1. The molecule has 4 aromatic rings. The van der Waals surface area contributed by atoms with E-state index < -0.39 is 15.8 Å². The van der Waals surface area contributed by atoms with Crippen molar-refractivity contribution in [3.8, 4) is 11.3 Å². The summed E-state index contributed by atoms with van der Waals surface area (Å²) in [5, 5.41) is 0. The van der Waals surface area contributed by atoms with Gasteiger partial charge in [-0.1, -0.05) is 18.2 Å². The Morgan fingerprint density at radius 3 is 2.67 bits per heavy atom. The van der Waals surface area contributed by atoms with Crippen LogP contribution in [0.5, 0.6) is 0 Å². The van der Waals surface area contributed by atoms with E-state index in [0.717, 1.165) is 28.5 Å². The number of halogens is 1. The van der Waals surface area contributed by atoms with Gasteiger partial charge < -0.3 is 4.40 Å². The van der Waals surface area contributed by atoms with Crippen LogP contribution >= 0.6 is 0 Å². The van der Waals surface area contributed by atoms with Crippen LogP contribution in [-0.4, -0.2) is 17.8 Å². The number of nitrogens with zero attached hydrogens (tertiary/aromatic N) is 2. The summed E-state index contributed by atoms with van der Waals surface area (Å²) in [6.45, 7) is 2.00. The minimum atomic E-state index is -3.88. The van der Waals surface area contributed by atoms with Gasteiger partial charge in [-0.3, -0.25) is 4.72 Å². The van der Waals surface area contributed by atoms with Gasteiger partial charge in [0.1, 0.15) is 11.5 Å². The molecule has 0 aliphatic carbocycles. The number of benzene rings is 2. The predicted molar refractivity (Wildman–Crippen MR) is 103 cm³/mol. The summed E-state index contributed by atoms with van der Waals surface area (Å²) in [7, 11) is -3.88. The van der Waals surface area contributed by atoms with Crippen molar-refractivity contribution in [1.29, 1.82) is 0 Å². The molecule has 27 heavy (non-hydrogen) atoms. The monoisotopic (exact) mass is 381 g/mol. The van der Waals surface area contributed by atoms with Crippen LogP contribution in [0.25, 0.3) is 16.9 Å². The van der Waals surface area contributed by atoms with Crippen molar-refractivity contribution in [2.75, 3.05) is 4.72 Å². The first kappa shape index (κ1) is 17.2. The molecule has 0 aliphatic heterocycles. The first-order valence-electron chi connectivity index (χ1n) is 8.25. The number of fused-ring (bicyclic) bond motifs is 1. The average molecular weight is 381 g/mol. The van der Waals surface area contributed by atoms with Crippen molar-refractivity contribution in [3.05, 3.63) is 84.4 Å². The highest BCUT2D eigenvalue weighted by molar-refractivity contribution is 7.92. The number of rotatable bonds is 4. The molecule has 136 valence electrons. The van der Waals surface area contributed by atoms with Crippen LogP contribution in [0.2, 0.25) is 0 Å². The third kappa shape index (κ3) is 3.54. The first-order chi connectivity index (χ1) is 12.9. The molecule has 2 aromatic carbocycles. The van der Waals surface area contributed by atoms with Crippen LogP contribution in [0.4, 0.5) is 10.1 Å². The lowest BCUT2D eigenvalue weighted by Gasteiger charge is -2.09. The molecular weight excluding hydrogens is 365 g/mol. The molecule has 2 heterocycles. The van der Waals surface area contributed by atoms with Gasteiger partial charge in [-0.25, -0.2) is 17.8 Å². The molecule has 0 bridgehead atoms. The second-order valence-electron chi connectivity index (χ2n) is 6.24. The van der Waals surface area contributed by atoms with Crippen LogP contribution in [-0.2, 0) is 10.0 Å². The molecule has 2 aromatic heterocycles. The second kappa shape index (κ2) is 6.51. The first-order valence-corrected chi connectivity index (χ1v) is 9.73. The van der Waals surface area contributed by atoms with Gasteiger partial charge in [-0.2, -0.15) is 0 Å². The largest absolute Gasteiger partial charge is 0.306 e. The quantitative estimate of drug-likeness (QED) is 0.575. The molecule has 0 amide bonds. The molecule has 0 saturated heterocycles. The van der Waals surface area contributed by atoms with Crippen LogP contribution in [0.15, 0.2) is 78.0 Å². The molecule has 0 saturated carbocycles. The van der Waals surface area contributed by atoms with Gasteiger partial charge >= 0.3 is 0 Å². The van der Waals surface area contributed by atoms with E-state index in [9.17, 15) is 12.8 Å². The zero-order valence-corrected chi connectivity index (χ0v) is 15.2. The molecule has 0 spiro atoms. The Morgan fingerprint density at radius 1 is 1.04 bits per heavy atom. The van der Waals surface area contributed by atoms with E-state index in [1.54, 1.807) is 18.2 Å². The maximum absolute atomic E-state index is 13.3. The number of hydrogen-bond acceptors (Lipinski definition) is 3. The van der Waals surface area contributed by atoms with Crippen LogP contribution < -0.4 is 4.72 Å². The molecule has 1 N–H and O–H groups in total. The van der Waals surface area contributed by atoms with E-state index in [1.807, 2.05) is 41.9 Å². The highest BCUT2D eigenvalue weighted by Crippen LogP contribution is 2.24. The molecule has 4 rings (SSSR count). The Balaban J connectivity index is 1.67. The van der Waals surface area contributed by atoms with Gasteiger partial charge in [0.15, 0.2) is 0 Å². The van der Waals surface area contributed by atoms with Crippen LogP contribution in [0.3, 0.4) is 0 Å². The molecule has 0 radical (unpaired) electrons. The number of anilines is 1. The molecule has 7 heteroatoms. The maximum Gasteiger partial charge on any atom is 0.261 e. The van der Waals surface area contributed by atoms with E-state index in [-0.39, 0.29) is 4.90 Å². The zero-order chi connectivity index (χ0) is 19.0. The van der Waals surface area contributed by atoms with Crippen LogP contribution in [0.1, 0.15) is 5.56 Å². The Kier molecular flexibility index (Phi) is 4.16. The third-order valence-electron chi connectivity index (χ3n) is 4.13. The molecule has 0 unspecified atom stereocenters. The number of pyridine rings is 1. The van der Waals surface area contributed by atoms with E-state index >= 15 is 0 Å². The number of hydrogen-bond donors (Lipinski definition) is 1. The highest BCUT2D eigenvalue weighted by atomic mass is 32.2. The normalized spacial score (nSPS) is 11.6. The van der Waals surface area contributed by atoms with Crippen molar-refractivity contribution in [3.63, 3.8) is 0 Å². The molecule has 0 aliphatic rings. The number of nitrogens with one attached hydrogen (secondary N) is 1. The van der Waals surface area contributed by atoms with Gasteiger partial charge in [0.25, 0.3) is 10.0 Å². The van der Waals surface area contributed by atoms with E-state index in [1.165, 1.54) is 18.2 Å². The van der Waals surface area contributed by atoms with Gasteiger partial charge in [0.05, 0.1) is 10.6 Å². The van der Waals surface area contributed by atoms with Gasteiger partial charge in [0.2, 0.25) is 0 Å². The average Bonchev–Trinajstić information content (AvgIpc) is 3.05. The minimum absolute atomic E-state index is 0.129. The summed E-state index contributed by atoms with van der Waals surface area (Å²) >= 11 is 0. The lowest BCUT2D eigenvalue weighted by molar-refractivity contribution is 0.595. The van der Waals surface area contributed by atoms with Crippen molar-refractivity contribution in [1.82, 2.24) is 9.38 Å². The fraction of sp³-hybridized carbons (Fsp3) is 0.0500. The highest BCUT2D eigenvalue weighted by Gasteiger charge is 2.15. The minimum Gasteiger partial charge on any atom is -0.306 e. The second-order valence-corrected chi connectivity index (χ2v) is 7.92. The van der Waals surface area contributed by atoms with Gasteiger partial charge in [-0.15, -0.1) is 0 Å². The predicted octanol–water partition coefficient (Wildman–Crippen LogP) is 4.25. The van der Waals surface area contributed by atoms with Crippen molar-refractivity contribution in [2.24, 2.45) is 0 Å². The Bertz CT molecular complexity index is 1250. The van der Waals surface area contributed by atoms with E-state index in [2.05, 4.69) is 9.71 Å². The summed E-state index contributed by atoms with van der Waals surface area (Å²) < 4.78 is 42.7. The van der Waals surface area contributed by atoms with Crippen molar-refractivity contribution < 1.29 is 12.8 Å². The van der Waals surface area contributed by atoms with Gasteiger partial charge in [-0.05, 0) is 55.0 Å². The summed E-state index contributed by atoms with van der Waals surface area (Å²) in [6.07, 6.45) is 3.81. The fourth-order valence-electron chi connectivity index (χ4n) is 2.81. The standard InChI is InChI=1S/C20H16FN3O2S/c1-14-8-9-24-13-19(22-20(24)10-14)15-4-2-6-17(11-15)23-27(25,26)18-7-3-5-16(21)12-18/h2-13,23H,1H3. The lowest BCUT2D eigenvalue weighted by atomic mass is 10.1. The third-order valence-corrected chi connectivity index (χ3v) is 5.51. The zero-order valence-electron chi connectivity index (χ0n) is 14.4. The topological polar surface area (TPSA) is 63.5 Å². The van der Waals surface area contributed by atoms with Gasteiger partial charge in [0, 0.05) is 23.6 Å². The van der Waals surface area contributed by atoms with E-state index in [4.69, 9.17) is 0 Å². The Labute approximate surface area is 156 Å². The van der Waals surface area contributed by atoms with Crippen LogP contribution in [0, 0.1) is 12.7 Å². The Hall–Kier alpha value is -3.19. The smallest absolute Gasteiger partial charge is 0.261 e. The molecule has 0 atom stereocenters. The summed E-state index contributed by atoms with van der Waals surface area (Å²) in [5.41, 5.74) is 3.81. The Morgan fingerprint density at radius 2 is 1.85 bits per heavy atom. The summed E-state index contributed by atoms with van der Waals surface area (Å²) in [5.74, 6) is -0.605. The molecule has 5 nitrogen and oxygen atoms in total. The SMILES string of the molecule is Cc1ccn2cc(-c3cccc(NS(=O)(=O)c4cccc(F)c4)c3)nc2c1. The number of imidazole rings is 1. The van der Waals surface area contributed by atoms with E-state index in [0.29, 0.717) is 5.69 Å². The lowest BCUT2D eigenvalue weighted by Crippen LogP contribution is -2.13. The molecular formula is C20H16FN3O2S. The fourth-order valence-corrected chi connectivity index (χ4v) is 3.89. The molecule has 0 fully saturated rings. The number of sulfonamides is 1. The maximum atomic E-state index is 13.3. The number of aromatic nitrogens is 2. The summed E-state index contributed by atoms with van der Waals surface area (Å²) in [4.78, 5) is 4.46. The van der Waals surface area contributed by atoms with Crippen molar-refractivity contribution in [2.45, 2.75) is 11.8 Å². The van der Waals surface area contributed by atoms with Crippen molar-refractivity contribution >= 4 is 21.4 Å².